The van der Waals surface area contributed by atoms with Crippen LogP contribution < -0.4 is 10.6 Å². The smallest absolute Gasteiger partial charge is 0.314 e. The minimum atomic E-state index is -3.08. The van der Waals surface area contributed by atoms with Gasteiger partial charge in [-0.25, -0.2) is 17.5 Å². The number of nitrogens with one attached hydrogen (secondary N) is 2. The standard InChI is InChI=1S/C13H25N3O4S/c1-21(18,19)16-6-4-11(5-7-16)9-14-13(17)15-10-12-3-2-8-20-12/h11-12H,2-10H2,1H3,(H2,14,15,17)/t12-/m1/s1. The summed E-state index contributed by atoms with van der Waals surface area (Å²) in [7, 11) is -3.08. The summed E-state index contributed by atoms with van der Waals surface area (Å²) in [4.78, 5) is 11.7. The van der Waals surface area contributed by atoms with E-state index in [2.05, 4.69) is 10.6 Å². The predicted molar refractivity (Wildman–Crippen MR) is 79.5 cm³/mol. The first-order valence-electron chi connectivity index (χ1n) is 7.53. The molecule has 2 heterocycles. The molecule has 0 aromatic rings. The van der Waals surface area contributed by atoms with E-state index in [1.165, 1.54) is 10.6 Å². The van der Waals surface area contributed by atoms with Gasteiger partial charge in [-0.1, -0.05) is 0 Å². The van der Waals surface area contributed by atoms with Crippen molar-refractivity contribution in [2.75, 3.05) is 39.0 Å². The molecule has 2 N–H and O–H groups in total. The van der Waals surface area contributed by atoms with Gasteiger partial charge in [0.15, 0.2) is 0 Å². The molecule has 0 aromatic carbocycles. The Balaban J connectivity index is 1.59. The van der Waals surface area contributed by atoms with Gasteiger partial charge in [-0.2, -0.15) is 0 Å². The third-order valence-corrected chi connectivity index (χ3v) is 5.41. The maximum absolute atomic E-state index is 11.7. The molecule has 2 aliphatic rings. The van der Waals surface area contributed by atoms with Gasteiger partial charge < -0.3 is 15.4 Å². The molecule has 0 bridgehead atoms. The lowest BCUT2D eigenvalue weighted by Gasteiger charge is -2.30. The fourth-order valence-corrected chi connectivity index (χ4v) is 3.63. The zero-order valence-corrected chi connectivity index (χ0v) is 13.3. The van der Waals surface area contributed by atoms with Crippen LogP contribution in [0.25, 0.3) is 0 Å². The highest BCUT2D eigenvalue weighted by molar-refractivity contribution is 7.88. The molecular formula is C13H25N3O4S. The lowest BCUT2D eigenvalue weighted by molar-refractivity contribution is 0.111. The number of carbonyl (C=O) groups excluding carboxylic acids is 1. The average molecular weight is 319 g/mol. The van der Waals surface area contributed by atoms with Crippen molar-refractivity contribution in [2.45, 2.75) is 31.8 Å². The minimum Gasteiger partial charge on any atom is -0.376 e. The van der Waals surface area contributed by atoms with Gasteiger partial charge in [-0.15, -0.1) is 0 Å². The number of sulfonamides is 1. The van der Waals surface area contributed by atoms with Crippen molar-refractivity contribution in [3.63, 3.8) is 0 Å². The second-order valence-corrected chi connectivity index (χ2v) is 7.81. The number of carbonyl (C=O) groups is 1. The van der Waals surface area contributed by atoms with Crippen molar-refractivity contribution >= 4 is 16.1 Å². The molecule has 2 saturated heterocycles. The van der Waals surface area contributed by atoms with Gasteiger partial charge in [0, 0.05) is 32.8 Å². The Bertz CT molecular complexity index is 440. The first kappa shape index (κ1) is 16.5. The zero-order chi connectivity index (χ0) is 15.3. The number of amides is 2. The topological polar surface area (TPSA) is 87.7 Å². The highest BCUT2D eigenvalue weighted by Crippen LogP contribution is 2.18. The Morgan fingerprint density at radius 3 is 2.43 bits per heavy atom. The molecule has 1 atom stereocenters. The highest BCUT2D eigenvalue weighted by atomic mass is 32.2. The number of piperidine rings is 1. The highest BCUT2D eigenvalue weighted by Gasteiger charge is 2.25. The zero-order valence-electron chi connectivity index (χ0n) is 12.5. The summed E-state index contributed by atoms with van der Waals surface area (Å²) in [5, 5.41) is 5.67. The molecule has 0 saturated carbocycles. The van der Waals surface area contributed by atoms with E-state index in [0.717, 1.165) is 32.3 Å². The molecule has 2 aliphatic heterocycles. The monoisotopic (exact) mass is 319 g/mol. The van der Waals surface area contributed by atoms with Crippen LogP contribution in [0, 0.1) is 5.92 Å². The molecule has 2 rings (SSSR count). The SMILES string of the molecule is CS(=O)(=O)N1CCC(CNC(=O)NC[C@H]2CCCO2)CC1. The normalized spacial score (nSPS) is 24.9. The lowest BCUT2D eigenvalue weighted by atomic mass is 9.98. The summed E-state index contributed by atoms with van der Waals surface area (Å²) in [6.07, 6.45) is 5.04. The number of hydrogen-bond acceptors (Lipinski definition) is 4. The van der Waals surface area contributed by atoms with Gasteiger partial charge in [0.05, 0.1) is 12.4 Å². The third kappa shape index (κ3) is 5.44. The summed E-state index contributed by atoms with van der Waals surface area (Å²) in [6.45, 7) is 3.02. The molecule has 8 heteroatoms. The van der Waals surface area contributed by atoms with Crippen molar-refractivity contribution in [3.8, 4) is 0 Å². The van der Waals surface area contributed by atoms with Crippen LogP contribution in [0.4, 0.5) is 4.79 Å². The van der Waals surface area contributed by atoms with E-state index in [1.54, 1.807) is 0 Å². The number of hydrogen-bond donors (Lipinski definition) is 2. The average Bonchev–Trinajstić information content (AvgIpc) is 2.95. The van der Waals surface area contributed by atoms with Crippen LogP contribution in [-0.2, 0) is 14.8 Å². The van der Waals surface area contributed by atoms with E-state index in [1.807, 2.05) is 0 Å². The van der Waals surface area contributed by atoms with Crippen LogP contribution in [0.5, 0.6) is 0 Å². The van der Waals surface area contributed by atoms with Gasteiger partial charge in [-0.05, 0) is 31.6 Å². The summed E-state index contributed by atoms with van der Waals surface area (Å²) in [6, 6.07) is -0.170. The Kier molecular flexibility index (Phi) is 5.83. The summed E-state index contributed by atoms with van der Waals surface area (Å²) in [5.74, 6) is 0.344. The van der Waals surface area contributed by atoms with Gasteiger partial charge >= 0.3 is 6.03 Å². The van der Waals surface area contributed by atoms with E-state index >= 15 is 0 Å². The van der Waals surface area contributed by atoms with E-state index in [-0.39, 0.29) is 12.1 Å². The van der Waals surface area contributed by atoms with E-state index < -0.39 is 10.0 Å². The quantitative estimate of drug-likeness (QED) is 0.754. The van der Waals surface area contributed by atoms with Crippen molar-refractivity contribution < 1.29 is 17.9 Å². The molecular weight excluding hydrogens is 294 g/mol. The number of ether oxygens (including phenoxy) is 1. The second kappa shape index (κ2) is 7.42. The van der Waals surface area contributed by atoms with Gasteiger partial charge in [-0.3, -0.25) is 0 Å². The molecule has 0 radical (unpaired) electrons. The van der Waals surface area contributed by atoms with Crippen molar-refractivity contribution in [1.29, 1.82) is 0 Å². The first-order chi connectivity index (χ1) is 9.95. The Hall–Kier alpha value is -0.860. The summed E-state index contributed by atoms with van der Waals surface area (Å²) in [5.41, 5.74) is 0. The molecule has 0 aliphatic carbocycles. The number of rotatable bonds is 5. The van der Waals surface area contributed by atoms with Crippen molar-refractivity contribution in [2.24, 2.45) is 5.92 Å². The van der Waals surface area contributed by atoms with Crippen LogP contribution in [-0.4, -0.2) is 63.9 Å². The molecule has 0 unspecified atom stereocenters. The Morgan fingerprint density at radius 2 is 1.86 bits per heavy atom. The van der Waals surface area contributed by atoms with Crippen molar-refractivity contribution in [3.05, 3.63) is 0 Å². The second-order valence-electron chi connectivity index (χ2n) is 5.83. The van der Waals surface area contributed by atoms with Crippen LogP contribution in [0.15, 0.2) is 0 Å². The minimum absolute atomic E-state index is 0.147. The van der Waals surface area contributed by atoms with E-state index in [0.29, 0.717) is 32.1 Å². The van der Waals surface area contributed by atoms with Gasteiger partial charge in [0.1, 0.15) is 0 Å². The Labute approximate surface area is 126 Å². The lowest BCUT2D eigenvalue weighted by Crippen LogP contribution is -2.44. The molecule has 0 aromatic heterocycles. The fraction of sp³-hybridized carbons (Fsp3) is 0.923. The van der Waals surface area contributed by atoms with Crippen LogP contribution in [0.3, 0.4) is 0 Å². The van der Waals surface area contributed by atoms with Crippen LogP contribution in [0.2, 0.25) is 0 Å². The molecule has 2 amide bonds. The molecule has 2 fully saturated rings. The van der Waals surface area contributed by atoms with Crippen LogP contribution >= 0.6 is 0 Å². The maximum atomic E-state index is 11.7. The van der Waals surface area contributed by atoms with Crippen LogP contribution in [0.1, 0.15) is 25.7 Å². The van der Waals surface area contributed by atoms with Crippen molar-refractivity contribution in [1.82, 2.24) is 14.9 Å². The predicted octanol–water partition coefficient (Wildman–Crippen LogP) is 0.136. The largest absolute Gasteiger partial charge is 0.376 e. The van der Waals surface area contributed by atoms with Gasteiger partial charge in [0.2, 0.25) is 10.0 Å². The van der Waals surface area contributed by atoms with E-state index in [4.69, 9.17) is 4.74 Å². The van der Waals surface area contributed by atoms with Gasteiger partial charge in [0.25, 0.3) is 0 Å². The maximum Gasteiger partial charge on any atom is 0.314 e. The Morgan fingerprint density at radius 1 is 1.19 bits per heavy atom. The summed E-state index contributed by atoms with van der Waals surface area (Å²) >= 11 is 0. The summed E-state index contributed by atoms with van der Waals surface area (Å²) < 4.78 is 29.7. The number of urea groups is 1. The first-order valence-corrected chi connectivity index (χ1v) is 9.38. The third-order valence-electron chi connectivity index (χ3n) is 4.11. The molecule has 122 valence electrons. The van der Waals surface area contributed by atoms with E-state index in [9.17, 15) is 13.2 Å². The molecule has 21 heavy (non-hydrogen) atoms. The number of nitrogens with zero attached hydrogens (tertiary/aromatic N) is 1. The molecule has 0 spiro atoms. The molecule has 7 nitrogen and oxygen atoms in total. The fourth-order valence-electron chi connectivity index (χ4n) is 2.76.